The van der Waals surface area contributed by atoms with Gasteiger partial charge in [0.2, 0.25) is 0 Å². The number of hydrogen-bond acceptors (Lipinski definition) is 7. The first-order valence-electron chi connectivity index (χ1n) is 12.0. The lowest BCUT2D eigenvalue weighted by atomic mass is 10.1. The second kappa shape index (κ2) is 9.52. The molecule has 3 atom stereocenters. The van der Waals surface area contributed by atoms with Gasteiger partial charge in [-0.05, 0) is 22.2 Å². The number of aliphatic hydroxyl groups is 1. The molecule has 0 aliphatic carbocycles. The van der Waals surface area contributed by atoms with Crippen LogP contribution in [0.1, 0.15) is 61.8 Å². The molecule has 0 saturated carbocycles. The van der Waals surface area contributed by atoms with Crippen LogP contribution in [0.4, 0.5) is 0 Å². The van der Waals surface area contributed by atoms with Crippen molar-refractivity contribution >= 4 is 17.1 Å². The lowest BCUT2D eigenvalue weighted by molar-refractivity contribution is -0.144. The molecule has 0 unspecified atom stereocenters. The van der Waals surface area contributed by atoms with Crippen molar-refractivity contribution in [3.05, 3.63) is 33.1 Å². The number of H-pyrrole nitrogens is 1. The van der Waals surface area contributed by atoms with E-state index in [1.54, 1.807) is 0 Å². The summed E-state index contributed by atoms with van der Waals surface area (Å²) in [5.41, 5.74) is -1.77. The monoisotopic (exact) mass is 500 g/mol. The Labute approximate surface area is 197 Å². The van der Waals surface area contributed by atoms with E-state index in [2.05, 4.69) is 60.4 Å². The molecule has 2 aliphatic rings. The van der Waals surface area contributed by atoms with E-state index >= 15 is 0 Å². The highest BCUT2D eigenvalue weighted by molar-refractivity contribution is 6.83. The Morgan fingerprint density at radius 3 is 2.09 bits per heavy atom. The molecule has 0 spiro atoms. The number of fused-ring (bicyclic) bond motifs is 1. The fourth-order valence-corrected chi connectivity index (χ4v) is 16.5. The maximum absolute atomic E-state index is 12.6. The summed E-state index contributed by atoms with van der Waals surface area (Å²) in [5, 5.41) is 10.4. The fraction of sp³-hybridized carbons (Fsp3) is 0.818. The molecule has 2 aliphatic heterocycles. The van der Waals surface area contributed by atoms with E-state index in [9.17, 15) is 14.7 Å². The van der Waals surface area contributed by atoms with Gasteiger partial charge in [-0.1, -0.05) is 55.4 Å². The topological polar surface area (TPSA) is 112 Å². The Hall–Kier alpha value is -1.09. The maximum Gasteiger partial charge on any atom is 0.335 e. The molecule has 9 nitrogen and oxygen atoms in total. The largest absolute Gasteiger partial charge is 0.414 e. The van der Waals surface area contributed by atoms with Crippen LogP contribution < -0.4 is 11.2 Å². The van der Waals surface area contributed by atoms with Crippen LogP contribution in [0.3, 0.4) is 0 Å². The SMILES string of the molecule is CC(C)[Si]1(C(C)C)OC[C@H]2O[C@@](CO)(n3ccc(=O)[nH]c3=O)C[C@@H]2O[Si](C(C)C)(C(C)C)O1. The number of ether oxygens (including phenoxy) is 1. The van der Waals surface area contributed by atoms with Crippen molar-refractivity contribution in [1.29, 1.82) is 0 Å². The van der Waals surface area contributed by atoms with Crippen molar-refractivity contribution in [3.63, 3.8) is 0 Å². The van der Waals surface area contributed by atoms with Crippen LogP contribution in [0.15, 0.2) is 21.9 Å². The fourth-order valence-electron chi connectivity index (χ4n) is 5.34. The highest BCUT2D eigenvalue weighted by Crippen LogP contribution is 2.49. The molecule has 1 aromatic heterocycles. The number of rotatable bonds is 6. The van der Waals surface area contributed by atoms with Gasteiger partial charge < -0.3 is 22.8 Å². The second-order valence-electron chi connectivity index (χ2n) is 10.6. The minimum Gasteiger partial charge on any atom is -0.414 e. The molecule has 188 valence electrons. The molecule has 33 heavy (non-hydrogen) atoms. The zero-order valence-electron chi connectivity index (χ0n) is 21.1. The van der Waals surface area contributed by atoms with Crippen LogP contribution in [0.25, 0.3) is 0 Å². The predicted molar refractivity (Wildman–Crippen MR) is 130 cm³/mol. The Kier molecular flexibility index (Phi) is 7.65. The predicted octanol–water partition coefficient (Wildman–Crippen LogP) is 2.93. The molecule has 11 heteroatoms. The van der Waals surface area contributed by atoms with Crippen molar-refractivity contribution in [2.75, 3.05) is 13.2 Å². The van der Waals surface area contributed by atoms with Gasteiger partial charge in [0.05, 0.1) is 19.3 Å². The number of aromatic nitrogens is 2. The third-order valence-electron chi connectivity index (χ3n) is 7.16. The Morgan fingerprint density at radius 1 is 1.03 bits per heavy atom. The van der Waals surface area contributed by atoms with Gasteiger partial charge in [0.1, 0.15) is 6.10 Å². The molecular weight excluding hydrogens is 460 g/mol. The summed E-state index contributed by atoms with van der Waals surface area (Å²) in [7, 11) is -5.55. The molecule has 2 saturated heterocycles. The zero-order valence-corrected chi connectivity index (χ0v) is 23.1. The molecule has 3 heterocycles. The second-order valence-corrected chi connectivity index (χ2v) is 19.4. The maximum atomic E-state index is 12.6. The first kappa shape index (κ1) is 26.5. The van der Waals surface area contributed by atoms with Crippen molar-refractivity contribution in [1.82, 2.24) is 9.55 Å². The lowest BCUT2D eigenvalue weighted by Gasteiger charge is -2.51. The first-order valence-corrected chi connectivity index (χ1v) is 15.9. The van der Waals surface area contributed by atoms with Gasteiger partial charge in [0.15, 0.2) is 5.72 Å². The Bertz CT molecular complexity index is 929. The van der Waals surface area contributed by atoms with E-state index in [0.29, 0.717) is 0 Å². The van der Waals surface area contributed by atoms with E-state index in [0.717, 1.165) is 0 Å². The van der Waals surface area contributed by atoms with E-state index in [1.807, 2.05) is 0 Å². The highest BCUT2D eigenvalue weighted by atomic mass is 28.5. The molecular formula is C22H40N2O7Si2. The van der Waals surface area contributed by atoms with E-state index in [1.165, 1.54) is 16.8 Å². The average Bonchev–Trinajstić information content (AvgIpc) is 3.05. The summed E-state index contributed by atoms with van der Waals surface area (Å²) in [4.78, 5) is 26.5. The van der Waals surface area contributed by atoms with Gasteiger partial charge in [-0.25, -0.2) is 4.79 Å². The standard InChI is InChI=1S/C22H40N2O7Si2/c1-14(2)32(15(3)4)28-12-19-18(30-33(31-32,16(5)6)17(7)8)11-22(13-25,29-19)24-10-9-20(26)23-21(24)27/h9-10,14-19,25H,11-13H2,1-8H3,(H,23,26,27)/t18-,19+,22-/m0/s1. The third-order valence-corrected chi connectivity index (χ3v) is 17.4. The van der Waals surface area contributed by atoms with Gasteiger partial charge in [-0.3, -0.25) is 14.3 Å². The number of nitrogens with zero attached hydrogens (tertiary/aromatic N) is 1. The van der Waals surface area contributed by atoms with Crippen LogP contribution in [0.2, 0.25) is 22.2 Å². The first-order chi connectivity index (χ1) is 15.3. The molecule has 0 aromatic carbocycles. The summed E-state index contributed by atoms with van der Waals surface area (Å²) >= 11 is 0. The molecule has 2 N–H and O–H groups in total. The van der Waals surface area contributed by atoms with Crippen LogP contribution >= 0.6 is 0 Å². The number of hydrogen-bond donors (Lipinski definition) is 2. The van der Waals surface area contributed by atoms with Crippen LogP contribution in [-0.4, -0.2) is 57.2 Å². The summed E-state index contributed by atoms with van der Waals surface area (Å²) < 4.78 is 28.5. The molecule has 1 aromatic rings. The van der Waals surface area contributed by atoms with E-state index in [-0.39, 0.29) is 35.2 Å². The van der Waals surface area contributed by atoms with Gasteiger partial charge >= 0.3 is 22.8 Å². The van der Waals surface area contributed by atoms with Crippen molar-refractivity contribution < 1.29 is 22.8 Å². The summed E-state index contributed by atoms with van der Waals surface area (Å²) in [6.45, 7) is 17.0. The van der Waals surface area contributed by atoms with Gasteiger partial charge in [-0.15, -0.1) is 0 Å². The molecule has 2 fully saturated rings. The number of aromatic amines is 1. The van der Waals surface area contributed by atoms with Gasteiger partial charge in [-0.2, -0.15) is 0 Å². The number of aliphatic hydroxyl groups excluding tert-OH is 1. The summed E-state index contributed by atoms with van der Waals surface area (Å²) in [6.07, 6.45) is 0.719. The van der Waals surface area contributed by atoms with Crippen molar-refractivity contribution in [2.24, 2.45) is 0 Å². The molecule has 3 rings (SSSR count). The number of nitrogens with one attached hydrogen (secondary N) is 1. The van der Waals surface area contributed by atoms with Crippen LogP contribution in [-0.2, 0) is 23.4 Å². The zero-order chi connectivity index (χ0) is 24.8. The van der Waals surface area contributed by atoms with Gasteiger partial charge in [0.25, 0.3) is 5.56 Å². The quantitative estimate of drug-likeness (QED) is 0.578. The highest BCUT2D eigenvalue weighted by Gasteiger charge is 2.61. The van der Waals surface area contributed by atoms with Gasteiger partial charge in [0, 0.05) is 18.7 Å². The minimum atomic E-state index is -2.84. The summed E-state index contributed by atoms with van der Waals surface area (Å²) in [6, 6.07) is 1.25. The smallest absolute Gasteiger partial charge is 0.335 e. The van der Waals surface area contributed by atoms with Crippen LogP contribution in [0, 0.1) is 0 Å². The molecule has 0 bridgehead atoms. The van der Waals surface area contributed by atoms with Crippen LogP contribution in [0.5, 0.6) is 0 Å². The van der Waals surface area contributed by atoms with Crippen molar-refractivity contribution in [2.45, 2.75) is 102 Å². The third kappa shape index (κ3) is 4.48. The average molecular weight is 501 g/mol. The van der Waals surface area contributed by atoms with E-state index < -0.39 is 52.9 Å². The molecule has 0 radical (unpaired) electrons. The summed E-state index contributed by atoms with van der Waals surface area (Å²) in [5.74, 6) is 0. The van der Waals surface area contributed by atoms with E-state index in [4.69, 9.17) is 17.7 Å². The normalized spacial score (nSPS) is 29.5. The Balaban J connectivity index is 2.11. The Morgan fingerprint density at radius 2 is 1.61 bits per heavy atom. The van der Waals surface area contributed by atoms with Crippen molar-refractivity contribution in [3.8, 4) is 0 Å². The lowest BCUT2D eigenvalue weighted by Crippen LogP contribution is -2.65. The molecule has 0 amide bonds. The minimum absolute atomic E-state index is 0.157.